The van der Waals surface area contributed by atoms with Crippen molar-refractivity contribution in [3.05, 3.63) is 27.7 Å². The monoisotopic (exact) mass is 250 g/mol. The summed E-state index contributed by atoms with van der Waals surface area (Å²) in [7, 11) is 0. The summed E-state index contributed by atoms with van der Waals surface area (Å²) in [6, 6.07) is 1.60. The van der Waals surface area contributed by atoms with E-state index in [1.54, 1.807) is 6.07 Å². The molecule has 4 nitrogen and oxygen atoms in total. The molecule has 1 N–H and O–H groups in total. The highest BCUT2D eigenvalue weighted by Gasteiger charge is 2.34. The van der Waals surface area contributed by atoms with Crippen LogP contribution in [-0.4, -0.2) is 11.3 Å². The van der Waals surface area contributed by atoms with Gasteiger partial charge in [-0.3, -0.25) is 4.79 Å². The fourth-order valence-corrected chi connectivity index (χ4v) is 1.13. The summed E-state index contributed by atoms with van der Waals surface area (Å²) < 4.78 is 51.8. The lowest BCUT2D eigenvalue weighted by atomic mass is 10.2. The predicted molar refractivity (Wildman–Crippen MR) is 47.9 cm³/mol. The molecular formula is C9H6F4N2O2. The van der Waals surface area contributed by atoms with Gasteiger partial charge in [-0.25, -0.2) is 4.39 Å². The molecule has 0 aromatic carbocycles. The molecule has 1 aromatic rings. The van der Waals surface area contributed by atoms with Gasteiger partial charge in [-0.1, -0.05) is 0 Å². The minimum atomic E-state index is -5.10. The second-order valence-corrected chi connectivity index (χ2v) is 2.97. The van der Waals surface area contributed by atoms with E-state index in [4.69, 9.17) is 5.26 Å². The topological polar surface area (TPSA) is 65.9 Å². The molecule has 0 spiro atoms. The Morgan fingerprint density at radius 3 is 2.59 bits per heavy atom. The van der Waals surface area contributed by atoms with Gasteiger partial charge >= 0.3 is 6.36 Å². The van der Waals surface area contributed by atoms with Crippen LogP contribution < -0.4 is 10.2 Å². The number of aromatic nitrogens is 1. The zero-order chi connectivity index (χ0) is 13.1. The average Bonchev–Trinajstić information content (AvgIpc) is 2.23. The van der Waals surface area contributed by atoms with Crippen molar-refractivity contribution < 1.29 is 22.3 Å². The van der Waals surface area contributed by atoms with Gasteiger partial charge in [0.1, 0.15) is 6.67 Å². The van der Waals surface area contributed by atoms with Crippen LogP contribution in [0.1, 0.15) is 11.3 Å². The van der Waals surface area contributed by atoms with Crippen molar-refractivity contribution in [3.63, 3.8) is 0 Å². The summed E-state index contributed by atoms with van der Waals surface area (Å²) in [6.45, 7) is -1.31. The number of ether oxygens (including phenoxy) is 1. The van der Waals surface area contributed by atoms with Crippen LogP contribution in [0.4, 0.5) is 17.6 Å². The highest BCUT2D eigenvalue weighted by molar-refractivity contribution is 5.32. The lowest BCUT2D eigenvalue weighted by Gasteiger charge is -2.11. The van der Waals surface area contributed by atoms with Gasteiger partial charge in [0.15, 0.2) is 5.75 Å². The molecule has 0 unspecified atom stereocenters. The van der Waals surface area contributed by atoms with E-state index >= 15 is 0 Å². The van der Waals surface area contributed by atoms with Crippen molar-refractivity contribution >= 4 is 0 Å². The number of halogens is 4. The van der Waals surface area contributed by atoms with Crippen molar-refractivity contribution in [2.75, 3.05) is 0 Å². The van der Waals surface area contributed by atoms with E-state index in [9.17, 15) is 22.4 Å². The molecule has 17 heavy (non-hydrogen) atoms. The Kier molecular flexibility index (Phi) is 3.73. The van der Waals surface area contributed by atoms with E-state index in [1.807, 2.05) is 0 Å². The normalized spacial score (nSPS) is 11.0. The third-order valence-electron chi connectivity index (χ3n) is 1.81. The van der Waals surface area contributed by atoms with Gasteiger partial charge in [-0.05, 0) is 0 Å². The van der Waals surface area contributed by atoms with Crippen LogP contribution in [0.3, 0.4) is 0 Å². The lowest BCUT2D eigenvalue weighted by molar-refractivity contribution is -0.275. The highest BCUT2D eigenvalue weighted by Crippen LogP contribution is 2.23. The molecule has 0 fully saturated rings. The molecule has 0 amide bonds. The average molecular weight is 250 g/mol. The number of aromatic amines is 1. The first-order chi connectivity index (χ1) is 7.89. The first-order valence-corrected chi connectivity index (χ1v) is 4.31. The van der Waals surface area contributed by atoms with Gasteiger partial charge in [0.05, 0.1) is 18.2 Å². The molecule has 0 atom stereocenters. The molecule has 0 aliphatic carbocycles. The van der Waals surface area contributed by atoms with Gasteiger partial charge in [-0.2, -0.15) is 5.26 Å². The largest absolute Gasteiger partial charge is 0.573 e. The van der Waals surface area contributed by atoms with E-state index in [1.165, 1.54) is 0 Å². The predicted octanol–water partition coefficient (Wildman–Crippen LogP) is 1.81. The molecule has 0 aliphatic heterocycles. The second kappa shape index (κ2) is 4.86. The van der Waals surface area contributed by atoms with Crippen LogP contribution in [0.5, 0.6) is 5.75 Å². The molecule has 1 heterocycles. The van der Waals surface area contributed by atoms with Crippen LogP contribution >= 0.6 is 0 Å². The number of nitrogens with one attached hydrogen (secondary N) is 1. The number of hydrogen-bond donors (Lipinski definition) is 1. The van der Waals surface area contributed by atoms with Crippen LogP contribution in [0, 0.1) is 11.3 Å². The summed E-state index contributed by atoms with van der Waals surface area (Å²) in [6.07, 6.45) is -4.50. The zero-order valence-electron chi connectivity index (χ0n) is 8.27. The fraction of sp³-hybridized carbons (Fsp3) is 0.333. The van der Waals surface area contributed by atoms with Crippen molar-refractivity contribution in [1.29, 1.82) is 5.26 Å². The number of rotatable bonds is 3. The molecule has 0 bridgehead atoms. The maximum atomic E-state index is 12.4. The van der Waals surface area contributed by atoms with Crippen LogP contribution in [0.15, 0.2) is 11.0 Å². The van der Waals surface area contributed by atoms with Gasteiger partial charge in [-0.15, -0.1) is 13.2 Å². The summed E-state index contributed by atoms with van der Waals surface area (Å²) in [4.78, 5) is 13.6. The number of nitrogens with zero attached hydrogens (tertiary/aromatic N) is 1. The number of H-pyrrole nitrogens is 1. The molecule has 0 saturated heterocycles. The highest BCUT2D eigenvalue weighted by atomic mass is 19.4. The van der Waals surface area contributed by atoms with Crippen molar-refractivity contribution in [2.24, 2.45) is 0 Å². The number of nitriles is 1. The molecule has 8 heteroatoms. The van der Waals surface area contributed by atoms with Gasteiger partial charge in [0.2, 0.25) is 5.43 Å². The molecular weight excluding hydrogens is 244 g/mol. The third kappa shape index (κ3) is 3.21. The van der Waals surface area contributed by atoms with Gasteiger partial charge in [0, 0.05) is 11.8 Å². The Bertz CT molecular complexity index is 501. The van der Waals surface area contributed by atoms with Gasteiger partial charge in [0.25, 0.3) is 0 Å². The minimum absolute atomic E-state index is 0.219. The summed E-state index contributed by atoms with van der Waals surface area (Å²) in [5.41, 5.74) is -1.98. The first kappa shape index (κ1) is 13.0. The fourth-order valence-electron chi connectivity index (χ4n) is 1.13. The minimum Gasteiger partial charge on any atom is -0.400 e. The summed E-state index contributed by atoms with van der Waals surface area (Å²) in [5, 5.41) is 8.35. The molecule has 0 radical (unpaired) electrons. The van der Waals surface area contributed by atoms with E-state index < -0.39 is 36.3 Å². The van der Waals surface area contributed by atoms with Crippen LogP contribution in [0.25, 0.3) is 0 Å². The van der Waals surface area contributed by atoms with Crippen LogP contribution in [-0.2, 0) is 13.1 Å². The quantitative estimate of drug-likeness (QED) is 0.832. The molecule has 0 aliphatic rings. The first-order valence-electron chi connectivity index (χ1n) is 4.31. The smallest absolute Gasteiger partial charge is 0.400 e. The summed E-state index contributed by atoms with van der Waals surface area (Å²) in [5.74, 6) is -1.16. The lowest BCUT2D eigenvalue weighted by Crippen LogP contribution is -2.25. The van der Waals surface area contributed by atoms with Crippen molar-refractivity contribution in [3.8, 4) is 11.8 Å². The number of hydrogen-bond acceptors (Lipinski definition) is 3. The third-order valence-corrected chi connectivity index (χ3v) is 1.81. The van der Waals surface area contributed by atoms with E-state index in [0.717, 1.165) is 6.20 Å². The van der Waals surface area contributed by atoms with Crippen LogP contribution in [0.2, 0.25) is 0 Å². The Morgan fingerprint density at radius 1 is 1.47 bits per heavy atom. The molecule has 92 valence electrons. The standard InChI is InChI=1S/C9H6F4N2O2/c10-3-6-8(17-9(11,12)13)7(16)5(1-2-14)4-15-6/h4H,1,3H2,(H,15,16). The maximum absolute atomic E-state index is 12.4. The van der Waals surface area contributed by atoms with E-state index in [2.05, 4.69) is 9.72 Å². The zero-order valence-corrected chi connectivity index (χ0v) is 8.27. The number of alkyl halides is 4. The number of pyridine rings is 1. The Balaban J connectivity index is 3.29. The maximum Gasteiger partial charge on any atom is 0.573 e. The van der Waals surface area contributed by atoms with E-state index in [0.29, 0.717) is 0 Å². The van der Waals surface area contributed by atoms with Crippen molar-refractivity contribution in [2.45, 2.75) is 19.5 Å². The SMILES string of the molecule is N#CCc1c[nH]c(CF)c(OC(F)(F)F)c1=O. The second-order valence-electron chi connectivity index (χ2n) is 2.97. The van der Waals surface area contributed by atoms with Gasteiger partial charge < -0.3 is 9.72 Å². The Hall–Kier alpha value is -2.04. The Labute approximate surface area is 92.4 Å². The summed E-state index contributed by atoms with van der Waals surface area (Å²) >= 11 is 0. The van der Waals surface area contributed by atoms with Crippen molar-refractivity contribution in [1.82, 2.24) is 4.98 Å². The van der Waals surface area contributed by atoms with E-state index in [-0.39, 0.29) is 5.56 Å². The molecule has 0 saturated carbocycles. The molecule has 1 rings (SSSR count). The Morgan fingerprint density at radius 2 is 2.12 bits per heavy atom. The molecule has 1 aromatic heterocycles.